The Morgan fingerprint density at radius 3 is 2.89 bits per heavy atom. The van der Waals surface area contributed by atoms with Gasteiger partial charge in [0.2, 0.25) is 5.43 Å². The molecule has 18 heavy (non-hydrogen) atoms. The second kappa shape index (κ2) is 3.96. The van der Waals surface area contributed by atoms with Gasteiger partial charge < -0.3 is 9.52 Å². The average Bonchev–Trinajstić information content (AvgIpc) is 2.39. The summed E-state index contributed by atoms with van der Waals surface area (Å²) in [6, 6.07) is 7.95. The van der Waals surface area contributed by atoms with Crippen LogP contribution in [-0.2, 0) is 0 Å². The highest BCUT2D eigenvalue weighted by Gasteiger charge is 2.10. The number of nitrogens with zero attached hydrogens (tertiary/aromatic N) is 2. The molecule has 0 fully saturated rings. The number of para-hydroxylation sites is 1. The minimum atomic E-state index is -0.267. The largest absolute Gasteiger partial charge is 0.507 e. The van der Waals surface area contributed by atoms with Crippen LogP contribution >= 0.6 is 0 Å². The van der Waals surface area contributed by atoms with Gasteiger partial charge in [-0.1, -0.05) is 12.1 Å². The van der Waals surface area contributed by atoms with E-state index in [4.69, 9.17) is 4.42 Å². The van der Waals surface area contributed by atoms with Crippen molar-refractivity contribution in [2.75, 3.05) is 0 Å². The summed E-state index contributed by atoms with van der Waals surface area (Å²) in [6.07, 6.45) is 2.71. The number of aromatic nitrogens is 2. The van der Waals surface area contributed by atoms with Crippen molar-refractivity contribution in [2.24, 2.45) is 0 Å². The van der Waals surface area contributed by atoms with E-state index in [2.05, 4.69) is 9.97 Å². The lowest BCUT2D eigenvalue weighted by molar-refractivity contribution is 0.474. The highest BCUT2D eigenvalue weighted by atomic mass is 16.3. The Labute approximate surface area is 101 Å². The van der Waals surface area contributed by atoms with Gasteiger partial charge in [0.05, 0.1) is 11.8 Å². The number of aromatic hydroxyl groups is 1. The van der Waals surface area contributed by atoms with Crippen LogP contribution < -0.4 is 5.43 Å². The molecule has 0 amide bonds. The number of phenolic OH excluding ortho intramolecular Hbond substituents is 1. The van der Waals surface area contributed by atoms with Gasteiger partial charge in [0, 0.05) is 6.07 Å². The first kappa shape index (κ1) is 10.5. The molecule has 2 aromatic heterocycles. The van der Waals surface area contributed by atoms with Crippen LogP contribution in [0.5, 0.6) is 5.75 Å². The van der Waals surface area contributed by atoms with E-state index in [1.165, 1.54) is 24.7 Å². The van der Waals surface area contributed by atoms with Gasteiger partial charge in [0.25, 0.3) is 0 Å². The summed E-state index contributed by atoms with van der Waals surface area (Å²) in [5.74, 6) is 0.345. The van der Waals surface area contributed by atoms with Crippen molar-refractivity contribution in [3.63, 3.8) is 0 Å². The summed E-state index contributed by atoms with van der Waals surface area (Å²) in [4.78, 5) is 19.5. The van der Waals surface area contributed by atoms with E-state index in [0.717, 1.165) is 0 Å². The van der Waals surface area contributed by atoms with Gasteiger partial charge in [-0.3, -0.25) is 4.79 Å². The Balaban J connectivity index is 2.32. The normalized spacial score (nSPS) is 10.7. The third-order valence-electron chi connectivity index (χ3n) is 2.56. The summed E-state index contributed by atoms with van der Waals surface area (Å²) >= 11 is 0. The van der Waals surface area contributed by atoms with Crippen LogP contribution in [0.25, 0.3) is 22.4 Å². The van der Waals surface area contributed by atoms with E-state index in [1.54, 1.807) is 18.2 Å². The fourth-order valence-electron chi connectivity index (χ4n) is 1.73. The highest BCUT2D eigenvalue weighted by molar-refractivity contribution is 5.75. The topological polar surface area (TPSA) is 76.2 Å². The highest BCUT2D eigenvalue weighted by Crippen LogP contribution is 2.28. The molecule has 3 aromatic rings. The van der Waals surface area contributed by atoms with E-state index >= 15 is 0 Å². The number of benzene rings is 1. The smallest absolute Gasteiger partial charge is 0.211 e. The Kier molecular flexibility index (Phi) is 2.30. The summed E-state index contributed by atoms with van der Waals surface area (Å²) < 4.78 is 5.52. The van der Waals surface area contributed by atoms with Crippen LogP contribution in [0.4, 0.5) is 0 Å². The molecule has 5 nitrogen and oxygen atoms in total. The van der Waals surface area contributed by atoms with E-state index in [9.17, 15) is 9.90 Å². The van der Waals surface area contributed by atoms with Gasteiger partial charge in [-0.15, -0.1) is 0 Å². The molecule has 88 valence electrons. The first-order valence-electron chi connectivity index (χ1n) is 5.28. The van der Waals surface area contributed by atoms with Crippen LogP contribution in [0, 0.1) is 0 Å². The Bertz CT molecular complexity index is 780. The molecule has 0 aliphatic heterocycles. The molecule has 0 saturated heterocycles. The average molecular weight is 240 g/mol. The quantitative estimate of drug-likeness (QED) is 0.703. The molecule has 5 heteroatoms. The van der Waals surface area contributed by atoms with Gasteiger partial charge in [0.15, 0.2) is 11.1 Å². The van der Waals surface area contributed by atoms with Crippen molar-refractivity contribution < 1.29 is 9.52 Å². The third-order valence-corrected chi connectivity index (χ3v) is 2.56. The van der Waals surface area contributed by atoms with Crippen LogP contribution in [0.1, 0.15) is 0 Å². The predicted octanol–water partition coefficient (Wildman–Crippen LogP) is 1.96. The number of hydrogen-bond donors (Lipinski definition) is 1. The molecule has 0 aliphatic rings. The molecule has 1 N–H and O–H groups in total. The maximum atomic E-state index is 11.9. The number of fused-ring (bicyclic) bond motifs is 1. The molecule has 1 aromatic carbocycles. The monoisotopic (exact) mass is 240 g/mol. The minimum absolute atomic E-state index is 0.0526. The van der Waals surface area contributed by atoms with Crippen molar-refractivity contribution in [3.8, 4) is 17.1 Å². The van der Waals surface area contributed by atoms with E-state index in [-0.39, 0.29) is 16.7 Å². The number of hydrogen-bond acceptors (Lipinski definition) is 5. The molecular weight excluding hydrogens is 232 g/mol. The molecule has 0 aliphatic carbocycles. The van der Waals surface area contributed by atoms with Gasteiger partial charge in [-0.05, 0) is 12.1 Å². The zero-order valence-corrected chi connectivity index (χ0v) is 9.20. The van der Waals surface area contributed by atoms with E-state index < -0.39 is 0 Å². The summed E-state index contributed by atoms with van der Waals surface area (Å²) in [5, 5.41) is 9.73. The van der Waals surface area contributed by atoms with Crippen LogP contribution in [0.15, 0.2) is 52.1 Å². The second-order valence-electron chi connectivity index (χ2n) is 3.73. The maximum absolute atomic E-state index is 11.9. The molecule has 2 heterocycles. The lowest BCUT2D eigenvalue weighted by Gasteiger charge is -2.03. The van der Waals surface area contributed by atoms with Crippen molar-refractivity contribution in [1.29, 1.82) is 0 Å². The molecular formula is C13H8N2O3. The molecule has 0 radical (unpaired) electrons. The van der Waals surface area contributed by atoms with Crippen molar-refractivity contribution in [1.82, 2.24) is 9.97 Å². The van der Waals surface area contributed by atoms with Crippen LogP contribution in [0.3, 0.4) is 0 Å². The van der Waals surface area contributed by atoms with Gasteiger partial charge in [-0.25, -0.2) is 9.97 Å². The van der Waals surface area contributed by atoms with Crippen LogP contribution in [0.2, 0.25) is 0 Å². The molecule has 0 bridgehead atoms. The molecule has 3 rings (SSSR count). The van der Waals surface area contributed by atoms with Crippen molar-refractivity contribution in [3.05, 3.63) is 53.1 Å². The molecule has 0 unspecified atom stereocenters. The van der Waals surface area contributed by atoms with Gasteiger partial charge in [0.1, 0.15) is 17.8 Å². The summed E-state index contributed by atoms with van der Waals surface area (Å²) in [7, 11) is 0. The maximum Gasteiger partial charge on any atom is 0.211 e. The first-order chi connectivity index (χ1) is 8.75. The number of phenols is 1. The fraction of sp³-hybridized carbons (Fsp3) is 0. The Morgan fingerprint density at radius 1 is 1.22 bits per heavy atom. The van der Waals surface area contributed by atoms with Gasteiger partial charge >= 0.3 is 0 Å². The number of rotatable bonds is 1. The Hall–Kier alpha value is -2.69. The molecule has 0 spiro atoms. The lowest BCUT2D eigenvalue weighted by Crippen LogP contribution is -2.02. The molecule has 0 atom stereocenters. The lowest BCUT2D eigenvalue weighted by atomic mass is 10.1. The predicted molar refractivity (Wildman–Crippen MR) is 65.2 cm³/mol. The SMILES string of the molecule is O=c1cc(-c2ccccc2O)oc2cncnc12. The Morgan fingerprint density at radius 2 is 2.06 bits per heavy atom. The van der Waals surface area contributed by atoms with E-state index in [0.29, 0.717) is 16.9 Å². The zero-order chi connectivity index (χ0) is 12.5. The third kappa shape index (κ3) is 1.62. The standard InChI is InChI=1S/C13H8N2O3/c16-9-4-2-1-3-8(9)11-5-10(17)13-12(18-11)6-14-7-15-13/h1-7,16H. The van der Waals surface area contributed by atoms with Crippen molar-refractivity contribution >= 4 is 11.1 Å². The molecule has 0 saturated carbocycles. The van der Waals surface area contributed by atoms with Crippen LogP contribution in [-0.4, -0.2) is 15.1 Å². The van der Waals surface area contributed by atoms with Gasteiger partial charge in [-0.2, -0.15) is 0 Å². The van der Waals surface area contributed by atoms with E-state index in [1.807, 2.05) is 0 Å². The summed E-state index contributed by atoms with van der Waals surface area (Å²) in [5.41, 5.74) is 0.713. The van der Waals surface area contributed by atoms with Crippen molar-refractivity contribution in [2.45, 2.75) is 0 Å². The summed E-state index contributed by atoms with van der Waals surface area (Å²) in [6.45, 7) is 0. The fourth-order valence-corrected chi connectivity index (χ4v) is 1.73. The minimum Gasteiger partial charge on any atom is -0.507 e. The first-order valence-corrected chi connectivity index (χ1v) is 5.28. The second-order valence-corrected chi connectivity index (χ2v) is 3.73. The zero-order valence-electron chi connectivity index (χ0n) is 9.20.